The number of hydrogen-bond acceptors (Lipinski definition) is 3. The summed E-state index contributed by atoms with van der Waals surface area (Å²) >= 11 is 7.26. The molecule has 2 heterocycles. The summed E-state index contributed by atoms with van der Waals surface area (Å²) in [6.07, 6.45) is 1.68. The Kier molecular flexibility index (Phi) is 3.23. The number of nitrogen functional groups attached to an aromatic ring is 1. The molecule has 0 radical (unpaired) electrons. The first-order valence-corrected chi connectivity index (χ1v) is 7.17. The molecule has 2 aromatic heterocycles. The lowest BCUT2D eigenvalue weighted by molar-refractivity contribution is 0.626. The second kappa shape index (κ2) is 4.92. The standard InChI is InChI=1S/C14H11ClFN3S/c1-8-4-5-20-14(8)13-12(17)7-19(18-13)9-2-3-10(15)11(16)6-9/h2-7H,17H2,1H3. The Balaban J connectivity index is 2.09. The number of rotatable bonds is 2. The van der Waals surface area contributed by atoms with Crippen molar-refractivity contribution in [2.45, 2.75) is 6.92 Å². The van der Waals surface area contributed by atoms with E-state index >= 15 is 0 Å². The van der Waals surface area contributed by atoms with Crippen molar-refractivity contribution in [1.29, 1.82) is 0 Å². The van der Waals surface area contributed by atoms with Gasteiger partial charge in [-0.3, -0.25) is 0 Å². The number of thiophene rings is 1. The van der Waals surface area contributed by atoms with Crippen LogP contribution >= 0.6 is 22.9 Å². The highest BCUT2D eigenvalue weighted by Gasteiger charge is 2.13. The van der Waals surface area contributed by atoms with Gasteiger partial charge in [0.1, 0.15) is 11.5 Å². The summed E-state index contributed by atoms with van der Waals surface area (Å²) < 4.78 is 15.1. The van der Waals surface area contributed by atoms with Crippen molar-refractivity contribution in [3.05, 3.63) is 52.2 Å². The normalized spacial score (nSPS) is 10.9. The summed E-state index contributed by atoms with van der Waals surface area (Å²) in [6.45, 7) is 2.01. The number of anilines is 1. The molecule has 0 aliphatic rings. The molecule has 0 saturated heterocycles. The smallest absolute Gasteiger partial charge is 0.143 e. The fourth-order valence-electron chi connectivity index (χ4n) is 1.94. The molecule has 3 aromatic rings. The number of hydrogen-bond donors (Lipinski definition) is 1. The second-order valence-corrected chi connectivity index (χ2v) is 5.73. The third-order valence-electron chi connectivity index (χ3n) is 2.99. The highest BCUT2D eigenvalue weighted by atomic mass is 35.5. The molecule has 3 rings (SSSR count). The molecule has 0 fully saturated rings. The first-order chi connectivity index (χ1) is 9.56. The van der Waals surface area contributed by atoms with Crippen LogP contribution < -0.4 is 5.73 Å². The third-order valence-corrected chi connectivity index (χ3v) is 4.32. The van der Waals surface area contributed by atoms with Crippen LogP contribution in [0, 0.1) is 12.7 Å². The quantitative estimate of drug-likeness (QED) is 0.767. The van der Waals surface area contributed by atoms with Crippen molar-refractivity contribution in [2.24, 2.45) is 0 Å². The average molecular weight is 308 g/mol. The molecule has 102 valence electrons. The zero-order valence-corrected chi connectivity index (χ0v) is 12.2. The van der Waals surface area contributed by atoms with Crippen molar-refractivity contribution < 1.29 is 4.39 Å². The van der Waals surface area contributed by atoms with E-state index in [0.29, 0.717) is 17.1 Å². The van der Waals surface area contributed by atoms with Crippen molar-refractivity contribution >= 4 is 28.6 Å². The van der Waals surface area contributed by atoms with Crippen LogP contribution in [-0.4, -0.2) is 9.78 Å². The summed E-state index contributed by atoms with van der Waals surface area (Å²) in [5.41, 5.74) is 8.99. The first-order valence-electron chi connectivity index (χ1n) is 5.91. The van der Waals surface area contributed by atoms with E-state index in [-0.39, 0.29) is 5.02 Å². The summed E-state index contributed by atoms with van der Waals surface area (Å²) in [7, 11) is 0. The van der Waals surface area contributed by atoms with E-state index in [4.69, 9.17) is 17.3 Å². The van der Waals surface area contributed by atoms with Gasteiger partial charge in [-0.2, -0.15) is 5.10 Å². The number of benzene rings is 1. The van der Waals surface area contributed by atoms with Crippen LogP contribution in [0.3, 0.4) is 0 Å². The highest BCUT2D eigenvalue weighted by Crippen LogP contribution is 2.32. The van der Waals surface area contributed by atoms with Gasteiger partial charge in [-0.25, -0.2) is 9.07 Å². The van der Waals surface area contributed by atoms with Crippen LogP contribution in [0.5, 0.6) is 0 Å². The summed E-state index contributed by atoms with van der Waals surface area (Å²) in [6, 6.07) is 6.54. The van der Waals surface area contributed by atoms with Crippen LogP contribution in [0.15, 0.2) is 35.8 Å². The lowest BCUT2D eigenvalue weighted by Crippen LogP contribution is -1.95. The van der Waals surface area contributed by atoms with Gasteiger partial charge in [-0.1, -0.05) is 11.6 Å². The molecule has 0 spiro atoms. The first kappa shape index (κ1) is 13.1. The minimum atomic E-state index is -0.480. The number of aromatic nitrogens is 2. The van der Waals surface area contributed by atoms with Gasteiger partial charge in [-0.05, 0) is 36.1 Å². The van der Waals surface area contributed by atoms with Crippen molar-refractivity contribution in [2.75, 3.05) is 5.73 Å². The van der Waals surface area contributed by atoms with E-state index in [1.807, 2.05) is 18.4 Å². The maximum absolute atomic E-state index is 13.5. The van der Waals surface area contributed by atoms with Crippen LogP contribution in [0.1, 0.15) is 5.56 Å². The number of nitrogens with two attached hydrogens (primary N) is 1. The highest BCUT2D eigenvalue weighted by molar-refractivity contribution is 7.13. The Bertz CT molecular complexity index is 779. The van der Waals surface area contributed by atoms with E-state index in [1.165, 1.54) is 12.1 Å². The predicted molar refractivity (Wildman–Crippen MR) is 81.0 cm³/mol. The van der Waals surface area contributed by atoms with Gasteiger partial charge < -0.3 is 5.73 Å². The minimum absolute atomic E-state index is 0.0863. The largest absolute Gasteiger partial charge is 0.396 e. The average Bonchev–Trinajstić information content (AvgIpc) is 2.99. The molecular weight excluding hydrogens is 297 g/mol. The van der Waals surface area contributed by atoms with Crippen molar-refractivity contribution in [3.8, 4) is 16.3 Å². The molecule has 0 aliphatic heterocycles. The van der Waals surface area contributed by atoms with Gasteiger partial charge in [-0.15, -0.1) is 11.3 Å². The number of halogens is 2. The van der Waals surface area contributed by atoms with Crippen molar-refractivity contribution in [3.63, 3.8) is 0 Å². The van der Waals surface area contributed by atoms with E-state index in [2.05, 4.69) is 5.10 Å². The van der Waals surface area contributed by atoms with Gasteiger partial charge in [0, 0.05) is 6.07 Å². The van der Waals surface area contributed by atoms with E-state index in [1.54, 1.807) is 28.3 Å². The third kappa shape index (κ3) is 2.19. The summed E-state index contributed by atoms with van der Waals surface area (Å²) in [4.78, 5) is 1.02. The summed E-state index contributed by atoms with van der Waals surface area (Å²) in [5.74, 6) is -0.480. The maximum atomic E-state index is 13.5. The Morgan fingerprint density at radius 1 is 1.35 bits per heavy atom. The molecule has 0 saturated carbocycles. The lowest BCUT2D eigenvalue weighted by Gasteiger charge is -2.02. The van der Waals surface area contributed by atoms with Crippen LogP contribution in [0.2, 0.25) is 5.02 Å². The molecular formula is C14H11ClFN3S. The Morgan fingerprint density at radius 3 is 2.80 bits per heavy atom. The topological polar surface area (TPSA) is 43.8 Å². The summed E-state index contributed by atoms with van der Waals surface area (Å²) in [5, 5.41) is 6.52. The van der Waals surface area contributed by atoms with Crippen LogP contribution in [0.25, 0.3) is 16.3 Å². The van der Waals surface area contributed by atoms with E-state index in [9.17, 15) is 4.39 Å². The fourth-order valence-corrected chi connectivity index (χ4v) is 2.99. The lowest BCUT2D eigenvalue weighted by atomic mass is 10.2. The van der Waals surface area contributed by atoms with E-state index in [0.717, 1.165) is 10.4 Å². The molecule has 0 unspecified atom stereocenters. The zero-order chi connectivity index (χ0) is 14.3. The Labute approximate surface area is 124 Å². The van der Waals surface area contributed by atoms with Gasteiger partial charge >= 0.3 is 0 Å². The second-order valence-electron chi connectivity index (χ2n) is 4.41. The van der Waals surface area contributed by atoms with Crippen LogP contribution in [-0.2, 0) is 0 Å². The molecule has 20 heavy (non-hydrogen) atoms. The number of nitrogens with zero attached hydrogens (tertiary/aromatic N) is 2. The molecule has 0 atom stereocenters. The van der Waals surface area contributed by atoms with Gasteiger partial charge in [0.25, 0.3) is 0 Å². The maximum Gasteiger partial charge on any atom is 0.143 e. The van der Waals surface area contributed by atoms with Gasteiger partial charge in [0.15, 0.2) is 0 Å². The molecule has 3 nitrogen and oxygen atoms in total. The monoisotopic (exact) mass is 307 g/mol. The molecule has 0 aliphatic carbocycles. The number of aryl methyl sites for hydroxylation is 1. The predicted octanol–water partition coefficient (Wildman–Crippen LogP) is 4.28. The molecule has 1 aromatic carbocycles. The van der Waals surface area contributed by atoms with E-state index < -0.39 is 5.82 Å². The molecule has 0 bridgehead atoms. The molecule has 6 heteroatoms. The molecule has 2 N–H and O–H groups in total. The van der Waals surface area contributed by atoms with Gasteiger partial charge in [0.2, 0.25) is 0 Å². The molecule has 0 amide bonds. The Morgan fingerprint density at radius 2 is 2.15 bits per heavy atom. The fraction of sp³-hybridized carbons (Fsp3) is 0.0714. The van der Waals surface area contributed by atoms with Gasteiger partial charge in [0.05, 0.1) is 27.5 Å². The van der Waals surface area contributed by atoms with Crippen LogP contribution in [0.4, 0.5) is 10.1 Å². The minimum Gasteiger partial charge on any atom is -0.396 e. The zero-order valence-electron chi connectivity index (χ0n) is 10.6. The Hall–Kier alpha value is -1.85. The SMILES string of the molecule is Cc1ccsc1-c1nn(-c2ccc(Cl)c(F)c2)cc1N. The van der Waals surface area contributed by atoms with Crippen molar-refractivity contribution in [1.82, 2.24) is 9.78 Å².